The van der Waals surface area contributed by atoms with E-state index in [1.807, 2.05) is 65.6 Å². The molecule has 4 rings (SSSR count). The van der Waals surface area contributed by atoms with Gasteiger partial charge in [-0.05, 0) is 42.9 Å². The van der Waals surface area contributed by atoms with Gasteiger partial charge in [0.05, 0.1) is 4.92 Å². The van der Waals surface area contributed by atoms with Gasteiger partial charge in [0.2, 0.25) is 0 Å². The van der Waals surface area contributed by atoms with E-state index in [1.165, 1.54) is 0 Å². The molecule has 0 N–H and O–H groups in total. The predicted molar refractivity (Wildman–Crippen MR) is 127 cm³/mol. The molecule has 0 aromatic heterocycles. The third kappa shape index (κ3) is 4.98. The van der Waals surface area contributed by atoms with E-state index < -0.39 is 0 Å². The van der Waals surface area contributed by atoms with Gasteiger partial charge >= 0.3 is 0 Å². The molecule has 0 bridgehead atoms. The van der Waals surface area contributed by atoms with Gasteiger partial charge in [0.25, 0.3) is 5.69 Å². The van der Waals surface area contributed by atoms with Crippen LogP contribution in [0.15, 0.2) is 72.8 Å². The molecule has 0 atom stereocenters. The van der Waals surface area contributed by atoms with Gasteiger partial charge in [-0.25, -0.2) is 0 Å². The minimum absolute atomic E-state index is 0.0776. The van der Waals surface area contributed by atoms with Crippen LogP contribution in [-0.4, -0.2) is 43.0 Å². The fraction of sp³-hybridized carbons (Fsp3) is 0.250. The van der Waals surface area contributed by atoms with Crippen LogP contribution in [0.5, 0.6) is 0 Å². The van der Waals surface area contributed by atoms with E-state index in [2.05, 4.69) is 16.8 Å². The maximum absolute atomic E-state index is 11.9. The van der Waals surface area contributed by atoms with Crippen molar-refractivity contribution in [2.45, 2.75) is 6.54 Å². The number of nitro benzene ring substituents is 1. The largest absolute Gasteiger partial charge is 0.369 e. The number of benzene rings is 3. The van der Waals surface area contributed by atoms with Gasteiger partial charge in [-0.15, -0.1) is 0 Å². The lowest BCUT2D eigenvalue weighted by Crippen LogP contribution is -2.44. The van der Waals surface area contributed by atoms with Crippen LogP contribution in [0.25, 0.3) is 0 Å². The van der Waals surface area contributed by atoms with Crippen LogP contribution in [0, 0.1) is 10.1 Å². The van der Waals surface area contributed by atoms with E-state index in [4.69, 9.17) is 11.6 Å². The summed E-state index contributed by atoms with van der Waals surface area (Å²) in [6.07, 6.45) is 0. The Morgan fingerprint density at radius 1 is 0.968 bits per heavy atom. The summed E-state index contributed by atoms with van der Waals surface area (Å²) in [7, 11) is 2.11. The number of piperazine rings is 1. The summed E-state index contributed by atoms with van der Waals surface area (Å²) in [5, 5.41) is 12.5. The highest BCUT2D eigenvalue weighted by Gasteiger charge is 2.24. The van der Waals surface area contributed by atoms with Crippen molar-refractivity contribution in [3.8, 4) is 0 Å². The van der Waals surface area contributed by atoms with Gasteiger partial charge in [0.15, 0.2) is 0 Å². The van der Waals surface area contributed by atoms with Crippen molar-refractivity contribution in [3.63, 3.8) is 0 Å². The van der Waals surface area contributed by atoms with Crippen molar-refractivity contribution in [2.75, 3.05) is 43.0 Å². The number of hydrogen-bond acceptors (Lipinski definition) is 5. The molecule has 3 aromatic rings. The first-order valence-electron chi connectivity index (χ1n) is 10.3. The number of hydrogen-bond donors (Lipinski definition) is 0. The second-order valence-electron chi connectivity index (χ2n) is 7.77. The monoisotopic (exact) mass is 436 g/mol. The Labute approximate surface area is 187 Å². The van der Waals surface area contributed by atoms with Crippen LogP contribution in [0.3, 0.4) is 0 Å². The smallest absolute Gasteiger partial charge is 0.293 e. The third-order valence-electron chi connectivity index (χ3n) is 5.62. The van der Waals surface area contributed by atoms with E-state index in [0.717, 1.165) is 43.1 Å². The highest BCUT2D eigenvalue weighted by atomic mass is 35.5. The topological polar surface area (TPSA) is 52.9 Å². The molecule has 31 heavy (non-hydrogen) atoms. The van der Waals surface area contributed by atoms with Crippen molar-refractivity contribution in [1.82, 2.24) is 4.90 Å². The van der Waals surface area contributed by atoms with Crippen molar-refractivity contribution in [1.29, 1.82) is 0 Å². The quantitative estimate of drug-likeness (QED) is 0.385. The molecular formula is C24H25ClN4O2. The molecule has 7 heteroatoms. The standard InChI is InChI=1S/C24H25ClN4O2/c1-26-12-14-27(15-13-26)21-10-11-23(29(30)31)24(17-21)28(18-19-6-3-2-4-7-19)22-9-5-8-20(25)16-22/h2-11,16-17H,12-15,18H2,1H3. The average molecular weight is 437 g/mol. The second kappa shape index (κ2) is 9.37. The Morgan fingerprint density at radius 2 is 1.71 bits per heavy atom. The van der Waals surface area contributed by atoms with Gasteiger partial charge in [0.1, 0.15) is 5.69 Å². The molecular weight excluding hydrogens is 412 g/mol. The first-order valence-corrected chi connectivity index (χ1v) is 10.7. The van der Waals surface area contributed by atoms with Crippen LogP contribution >= 0.6 is 11.6 Å². The van der Waals surface area contributed by atoms with Crippen LogP contribution in [0.4, 0.5) is 22.7 Å². The zero-order valence-corrected chi connectivity index (χ0v) is 18.2. The summed E-state index contributed by atoms with van der Waals surface area (Å²) in [4.78, 5) is 18.2. The van der Waals surface area contributed by atoms with E-state index in [-0.39, 0.29) is 10.6 Å². The molecule has 0 amide bonds. The third-order valence-corrected chi connectivity index (χ3v) is 5.85. The minimum atomic E-state index is -0.314. The summed E-state index contributed by atoms with van der Waals surface area (Å²) >= 11 is 6.27. The van der Waals surface area contributed by atoms with Crippen molar-refractivity contribution < 1.29 is 4.92 Å². The lowest BCUT2D eigenvalue weighted by atomic mass is 10.1. The Morgan fingerprint density at radius 3 is 2.39 bits per heavy atom. The lowest BCUT2D eigenvalue weighted by Gasteiger charge is -2.34. The number of nitrogens with zero attached hydrogens (tertiary/aromatic N) is 4. The molecule has 160 valence electrons. The molecule has 1 heterocycles. The number of anilines is 3. The summed E-state index contributed by atoms with van der Waals surface area (Å²) < 4.78 is 0. The van der Waals surface area contributed by atoms with E-state index in [0.29, 0.717) is 17.3 Å². The Kier molecular flexibility index (Phi) is 6.39. The highest BCUT2D eigenvalue weighted by Crippen LogP contribution is 2.38. The molecule has 3 aromatic carbocycles. The minimum Gasteiger partial charge on any atom is -0.369 e. The lowest BCUT2D eigenvalue weighted by molar-refractivity contribution is -0.384. The van der Waals surface area contributed by atoms with E-state index in [1.54, 1.807) is 12.1 Å². The molecule has 0 aliphatic carbocycles. The Hall–Kier alpha value is -3.09. The Balaban J connectivity index is 1.80. The normalized spacial score (nSPS) is 14.5. The van der Waals surface area contributed by atoms with Gasteiger partial charge in [-0.3, -0.25) is 10.1 Å². The molecule has 1 saturated heterocycles. The molecule has 1 aliphatic heterocycles. The number of likely N-dealkylation sites (N-methyl/N-ethyl adjacent to an activating group) is 1. The van der Waals surface area contributed by atoms with Crippen molar-refractivity contribution in [2.24, 2.45) is 0 Å². The summed E-state index contributed by atoms with van der Waals surface area (Å²) in [5.74, 6) is 0. The molecule has 0 saturated carbocycles. The number of nitro groups is 1. The van der Waals surface area contributed by atoms with Crippen molar-refractivity contribution in [3.05, 3.63) is 93.5 Å². The Bertz CT molecular complexity index is 1050. The SMILES string of the molecule is CN1CCN(c2ccc([N+](=O)[O-])c(N(Cc3ccccc3)c3cccc(Cl)c3)c2)CC1. The van der Waals surface area contributed by atoms with Crippen LogP contribution in [0.2, 0.25) is 5.02 Å². The van der Waals surface area contributed by atoms with Gasteiger partial charge in [-0.1, -0.05) is 48.0 Å². The van der Waals surface area contributed by atoms with Gasteiger partial charge < -0.3 is 14.7 Å². The van der Waals surface area contributed by atoms with E-state index >= 15 is 0 Å². The summed E-state index contributed by atoms with van der Waals surface area (Å²) in [6, 6.07) is 22.8. The first-order chi connectivity index (χ1) is 15.0. The maximum Gasteiger partial charge on any atom is 0.293 e. The average Bonchev–Trinajstić information content (AvgIpc) is 2.78. The zero-order chi connectivity index (χ0) is 21.8. The molecule has 0 unspecified atom stereocenters. The molecule has 1 aliphatic rings. The van der Waals surface area contributed by atoms with Crippen LogP contribution < -0.4 is 9.80 Å². The number of rotatable bonds is 6. The predicted octanol–water partition coefficient (Wildman–Crippen LogP) is 5.34. The molecule has 0 radical (unpaired) electrons. The van der Waals surface area contributed by atoms with Crippen molar-refractivity contribution >= 4 is 34.4 Å². The fourth-order valence-corrected chi connectivity index (χ4v) is 4.05. The molecule has 1 fully saturated rings. The summed E-state index contributed by atoms with van der Waals surface area (Å²) in [6.45, 7) is 4.21. The van der Waals surface area contributed by atoms with Gasteiger partial charge in [-0.2, -0.15) is 0 Å². The molecule has 6 nitrogen and oxygen atoms in total. The maximum atomic E-state index is 11.9. The second-order valence-corrected chi connectivity index (χ2v) is 8.21. The number of halogens is 1. The van der Waals surface area contributed by atoms with Crippen LogP contribution in [0.1, 0.15) is 5.56 Å². The van der Waals surface area contributed by atoms with E-state index in [9.17, 15) is 10.1 Å². The molecule has 0 spiro atoms. The van der Waals surface area contributed by atoms with Gasteiger partial charge in [0, 0.05) is 55.2 Å². The highest BCUT2D eigenvalue weighted by molar-refractivity contribution is 6.30. The fourth-order valence-electron chi connectivity index (χ4n) is 3.87. The summed E-state index contributed by atoms with van der Waals surface area (Å²) in [5.41, 5.74) is 3.51. The first kappa shape index (κ1) is 21.2. The zero-order valence-electron chi connectivity index (χ0n) is 17.4. The van der Waals surface area contributed by atoms with Crippen LogP contribution in [-0.2, 0) is 6.54 Å².